The predicted octanol–water partition coefficient (Wildman–Crippen LogP) is 5.75. The summed E-state index contributed by atoms with van der Waals surface area (Å²) in [7, 11) is 0. The maximum Gasteiger partial charge on any atom is 0.226 e. The van der Waals surface area contributed by atoms with Gasteiger partial charge in [-0.25, -0.2) is 15.5 Å². The maximum absolute atomic E-state index is 13.2. The average molecular weight is 467 g/mol. The average Bonchev–Trinajstić information content (AvgIpc) is 3.33. The van der Waals surface area contributed by atoms with Gasteiger partial charge in [0.2, 0.25) is 5.91 Å². The molecule has 166 valence electrons. The number of likely N-dealkylation sites (tertiary alicyclic amines) is 1. The van der Waals surface area contributed by atoms with Gasteiger partial charge in [-0.1, -0.05) is 13.8 Å². The van der Waals surface area contributed by atoms with Crippen LogP contribution in [0.2, 0.25) is 0 Å². The Morgan fingerprint density at radius 1 is 1.38 bits per heavy atom. The second kappa shape index (κ2) is 8.12. The minimum Gasteiger partial charge on any atom is -0.342 e. The lowest BCUT2D eigenvalue weighted by Crippen LogP contribution is -2.37. The summed E-state index contributed by atoms with van der Waals surface area (Å²) in [6, 6.07) is 5.47. The monoisotopic (exact) mass is 466 g/mol. The molecule has 2 N–H and O–H groups in total. The highest BCUT2D eigenvalue weighted by Gasteiger charge is 2.37. The summed E-state index contributed by atoms with van der Waals surface area (Å²) in [5.41, 5.74) is 10.0. The number of aryl methyl sites for hydroxylation is 1. The molecule has 0 saturated carbocycles. The smallest absolute Gasteiger partial charge is 0.226 e. The number of rotatable bonds is 4. The van der Waals surface area contributed by atoms with Crippen LogP contribution >= 0.6 is 24.0 Å². The largest absolute Gasteiger partial charge is 0.342 e. The number of thiol groups is 1. The van der Waals surface area contributed by atoms with Crippen LogP contribution in [0.4, 0.5) is 17.2 Å². The summed E-state index contributed by atoms with van der Waals surface area (Å²) in [5, 5.41) is 7.91. The minimum absolute atomic E-state index is 0.0572. The van der Waals surface area contributed by atoms with E-state index in [1.54, 1.807) is 23.7 Å². The number of benzene rings is 1. The Kier molecular flexibility index (Phi) is 5.41. The Morgan fingerprint density at radius 2 is 2.22 bits per heavy atom. The lowest BCUT2D eigenvalue weighted by atomic mass is 9.86. The summed E-state index contributed by atoms with van der Waals surface area (Å²) < 4.78 is 0. The quantitative estimate of drug-likeness (QED) is 0.337. The van der Waals surface area contributed by atoms with Gasteiger partial charge in [0.05, 0.1) is 11.1 Å². The van der Waals surface area contributed by atoms with Crippen LogP contribution in [-0.2, 0) is 17.6 Å². The molecule has 5 rings (SSSR count). The highest BCUT2D eigenvalue weighted by Crippen LogP contribution is 2.41. The Hall–Kier alpha value is -2.52. The molecule has 9 heteroatoms. The van der Waals surface area contributed by atoms with E-state index in [9.17, 15) is 4.79 Å². The number of hydrogen-bond acceptors (Lipinski definition) is 8. The van der Waals surface area contributed by atoms with Gasteiger partial charge in [0.1, 0.15) is 17.0 Å². The van der Waals surface area contributed by atoms with Crippen LogP contribution in [0.25, 0.3) is 10.2 Å². The Bertz CT molecular complexity index is 1220. The van der Waals surface area contributed by atoms with Crippen molar-refractivity contribution in [3.8, 4) is 0 Å². The van der Waals surface area contributed by atoms with Gasteiger partial charge in [-0.2, -0.15) is 5.11 Å². The number of aromatic nitrogens is 2. The zero-order valence-corrected chi connectivity index (χ0v) is 19.9. The van der Waals surface area contributed by atoms with E-state index < -0.39 is 0 Å². The third-order valence-corrected chi connectivity index (χ3v) is 8.06. The van der Waals surface area contributed by atoms with E-state index in [4.69, 9.17) is 5.53 Å². The fraction of sp³-hybridized carbons (Fsp3) is 0.435. The van der Waals surface area contributed by atoms with E-state index in [0.717, 1.165) is 60.5 Å². The zero-order valence-electron chi connectivity index (χ0n) is 18.2. The summed E-state index contributed by atoms with van der Waals surface area (Å²) in [4.78, 5) is 27.1. The summed E-state index contributed by atoms with van der Waals surface area (Å²) in [5.74, 6) is 1.13. The lowest BCUT2D eigenvalue weighted by molar-refractivity contribution is -0.135. The first-order chi connectivity index (χ1) is 15.3. The Labute approximate surface area is 196 Å². The Balaban J connectivity index is 1.41. The topological polar surface area (TPSA) is 94.3 Å². The molecule has 0 bridgehead atoms. The molecule has 32 heavy (non-hydrogen) atoms. The van der Waals surface area contributed by atoms with Crippen molar-refractivity contribution in [3.05, 3.63) is 35.0 Å². The van der Waals surface area contributed by atoms with Crippen molar-refractivity contribution in [2.24, 2.45) is 16.4 Å². The van der Waals surface area contributed by atoms with Crippen LogP contribution in [0.3, 0.4) is 0 Å². The van der Waals surface area contributed by atoms with Crippen molar-refractivity contribution in [1.29, 1.82) is 5.53 Å². The number of nitrogens with zero attached hydrogens (tertiary/aromatic N) is 4. The molecule has 1 fully saturated rings. The van der Waals surface area contributed by atoms with Crippen molar-refractivity contribution < 1.29 is 4.79 Å². The third kappa shape index (κ3) is 3.88. The van der Waals surface area contributed by atoms with Crippen molar-refractivity contribution in [2.75, 3.05) is 18.4 Å². The highest BCUT2D eigenvalue weighted by atomic mass is 32.1. The fourth-order valence-corrected chi connectivity index (χ4v) is 6.34. The molecular formula is C23H26N6OS2. The maximum atomic E-state index is 13.2. The molecule has 0 spiro atoms. The van der Waals surface area contributed by atoms with Crippen LogP contribution in [-0.4, -0.2) is 33.9 Å². The highest BCUT2D eigenvalue weighted by molar-refractivity contribution is 7.80. The van der Waals surface area contributed by atoms with Crippen LogP contribution in [0.15, 0.2) is 34.5 Å². The molecule has 2 aromatic heterocycles. The molecule has 1 unspecified atom stereocenters. The Morgan fingerprint density at radius 3 is 2.94 bits per heavy atom. The van der Waals surface area contributed by atoms with Crippen LogP contribution in [0.1, 0.15) is 37.1 Å². The normalized spacial score (nSPS) is 19.7. The van der Waals surface area contributed by atoms with E-state index in [1.165, 1.54) is 10.4 Å². The first kappa shape index (κ1) is 21.3. The molecule has 1 amide bonds. The van der Waals surface area contributed by atoms with Crippen LogP contribution in [0.5, 0.6) is 0 Å². The van der Waals surface area contributed by atoms with Crippen molar-refractivity contribution in [1.82, 2.24) is 14.9 Å². The zero-order chi connectivity index (χ0) is 22.5. The molecule has 1 atom stereocenters. The molecule has 2 aliphatic rings. The second-order valence-electron chi connectivity index (χ2n) is 9.46. The van der Waals surface area contributed by atoms with E-state index in [-0.39, 0.29) is 11.3 Å². The number of carbonyl (C=O) groups is 1. The summed E-state index contributed by atoms with van der Waals surface area (Å²) in [6.45, 7) is 6.22. The van der Waals surface area contributed by atoms with E-state index in [1.807, 2.05) is 12.1 Å². The molecule has 0 radical (unpaired) electrons. The van der Waals surface area contributed by atoms with Gasteiger partial charge in [0.15, 0.2) is 0 Å². The number of amides is 1. The van der Waals surface area contributed by atoms with E-state index in [2.05, 4.69) is 51.8 Å². The van der Waals surface area contributed by atoms with E-state index >= 15 is 0 Å². The number of anilines is 2. The fourth-order valence-electron chi connectivity index (χ4n) is 4.81. The van der Waals surface area contributed by atoms with Gasteiger partial charge < -0.3 is 10.2 Å². The van der Waals surface area contributed by atoms with Crippen LogP contribution in [0, 0.1) is 16.9 Å². The van der Waals surface area contributed by atoms with Gasteiger partial charge in [0.25, 0.3) is 0 Å². The molecular weight excluding hydrogens is 440 g/mol. The van der Waals surface area contributed by atoms with Gasteiger partial charge >= 0.3 is 0 Å². The first-order valence-corrected chi connectivity index (χ1v) is 12.1. The van der Waals surface area contributed by atoms with Gasteiger partial charge in [0, 0.05) is 34.5 Å². The molecule has 1 aliphatic carbocycles. The van der Waals surface area contributed by atoms with Gasteiger partial charge in [-0.05, 0) is 54.9 Å². The minimum atomic E-state index is 0.0572. The predicted molar refractivity (Wildman–Crippen MR) is 130 cm³/mol. The first-order valence-electron chi connectivity index (χ1n) is 10.9. The molecule has 1 saturated heterocycles. The second-order valence-corrected chi connectivity index (χ2v) is 11.0. The number of thiophene rings is 1. The van der Waals surface area contributed by atoms with E-state index in [0.29, 0.717) is 16.5 Å². The molecule has 1 aliphatic heterocycles. The van der Waals surface area contributed by atoms with Crippen molar-refractivity contribution >= 4 is 57.3 Å². The number of fused-ring (bicyclic) bond motifs is 3. The number of nitrogens with one attached hydrogen (secondary N) is 2. The number of carbonyl (C=O) groups excluding carboxylic acids is 1. The van der Waals surface area contributed by atoms with Gasteiger partial charge in [-0.3, -0.25) is 4.79 Å². The summed E-state index contributed by atoms with van der Waals surface area (Å²) >= 11 is 6.09. The summed E-state index contributed by atoms with van der Waals surface area (Å²) in [6.07, 6.45) is 5.17. The van der Waals surface area contributed by atoms with Crippen molar-refractivity contribution in [3.63, 3.8) is 0 Å². The lowest BCUT2D eigenvalue weighted by Gasteiger charge is -2.27. The molecule has 3 aromatic rings. The van der Waals surface area contributed by atoms with Crippen molar-refractivity contribution in [2.45, 2.75) is 44.4 Å². The molecule has 3 heterocycles. The van der Waals surface area contributed by atoms with Gasteiger partial charge in [-0.15, -0.1) is 24.0 Å². The third-order valence-electron chi connectivity index (χ3n) is 6.54. The molecule has 1 aromatic carbocycles. The van der Waals surface area contributed by atoms with Crippen LogP contribution < -0.4 is 5.32 Å². The number of hydrogen-bond donors (Lipinski definition) is 3. The molecule has 7 nitrogen and oxygen atoms in total. The standard InChI is InChI=1S/C23H26N6OS2/c1-23(2)7-8-29(11-23)22(30)13-3-5-15-18(9-13)32-21-19(15)20(25-12-26-21)27-14-4-6-16(28-24)17(31)10-14/h4,6,10,12-13,24,31H,3,5,7-9,11H2,1-2H3,(H,25,26,27). The SMILES string of the molecule is CC1(C)CCN(C(=O)C2CCc3c(sc4ncnc(Nc5ccc(N=N)c(S)c5)c34)C2)C1.